The average molecular weight is 286 g/mol. The Labute approximate surface area is 128 Å². The van der Waals surface area contributed by atoms with Crippen molar-refractivity contribution < 1.29 is 4.74 Å². The lowest BCUT2D eigenvalue weighted by Gasteiger charge is -2.24. The minimum Gasteiger partial charge on any atom is -0.487 e. The maximum Gasteiger partial charge on any atom is 0.145 e. The van der Waals surface area contributed by atoms with E-state index in [1.165, 1.54) is 27.8 Å². The number of hydrogen-bond donors (Lipinski definition) is 0. The predicted octanol–water partition coefficient (Wildman–Crippen LogP) is 4.17. The lowest BCUT2D eigenvalue weighted by molar-refractivity contribution is 0.301. The van der Waals surface area contributed by atoms with Crippen LogP contribution in [0.1, 0.15) is 29.5 Å². The topological polar surface area (TPSA) is 35.0 Å². The average Bonchev–Trinajstić information content (AvgIpc) is 2.88. The smallest absolute Gasteiger partial charge is 0.145 e. The van der Waals surface area contributed by atoms with Crippen molar-refractivity contribution in [1.29, 1.82) is 0 Å². The molecule has 0 spiro atoms. The second-order valence-corrected chi connectivity index (χ2v) is 5.88. The van der Waals surface area contributed by atoms with Gasteiger partial charge in [0.1, 0.15) is 12.4 Å². The molecule has 0 saturated carbocycles. The zero-order valence-corrected chi connectivity index (χ0v) is 12.2. The number of pyridine rings is 2. The number of nitrogens with zero attached hydrogens (tertiary/aromatic N) is 2. The van der Waals surface area contributed by atoms with Crippen molar-refractivity contribution in [3.05, 3.63) is 65.6 Å². The Kier molecular flexibility index (Phi) is 2.26. The molecule has 0 N–H and O–H groups in total. The van der Waals surface area contributed by atoms with Crippen LogP contribution in [0, 0.1) is 0 Å². The third kappa shape index (κ3) is 1.40. The quantitative estimate of drug-likeness (QED) is 0.622. The van der Waals surface area contributed by atoms with E-state index in [1.807, 2.05) is 24.7 Å². The first-order valence-corrected chi connectivity index (χ1v) is 7.53. The van der Waals surface area contributed by atoms with E-state index in [9.17, 15) is 0 Å². The largest absolute Gasteiger partial charge is 0.487 e. The molecule has 3 heteroatoms. The Morgan fingerprint density at radius 3 is 3.00 bits per heavy atom. The molecule has 0 fully saturated rings. The van der Waals surface area contributed by atoms with Crippen molar-refractivity contribution in [2.24, 2.45) is 0 Å². The summed E-state index contributed by atoms with van der Waals surface area (Å²) < 4.78 is 5.84. The molecule has 22 heavy (non-hydrogen) atoms. The normalized spacial score (nSPS) is 17.0. The van der Waals surface area contributed by atoms with E-state index in [1.54, 1.807) is 0 Å². The van der Waals surface area contributed by atoms with Crippen molar-refractivity contribution in [2.75, 3.05) is 0 Å². The summed E-state index contributed by atoms with van der Waals surface area (Å²) in [5, 5.41) is 0. The summed E-state index contributed by atoms with van der Waals surface area (Å²) in [6.45, 7) is 2.88. The maximum absolute atomic E-state index is 5.84. The summed E-state index contributed by atoms with van der Waals surface area (Å²) in [6.07, 6.45) is 5.52. The van der Waals surface area contributed by atoms with Crippen LogP contribution >= 0.6 is 0 Å². The number of benzene rings is 1. The predicted molar refractivity (Wildman–Crippen MR) is 84.8 cm³/mol. The van der Waals surface area contributed by atoms with Crippen LogP contribution in [-0.2, 0) is 6.61 Å². The molecule has 0 bridgehead atoms. The minimum absolute atomic E-state index is 0.354. The molecule has 0 saturated heterocycles. The lowest BCUT2D eigenvalue weighted by Crippen LogP contribution is -2.08. The van der Waals surface area contributed by atoms with E-state index >= 15 is 0 Å². The van der Waals surface area contributed by atoms with E-state index in [0.29, 0.717) is 12.5 Å². The second kappa shape index (κ2) is 4.17. The van der Waals surface area contributed by atoms with Crippen molar-refractivity contribution in [1.82, 2.24) is 9.97 Å². The Balaban J connectivity index is 1.87. The van der Waals surface area contributed by atoms with Crippen LogP contribution < -0.4 is 4.74 Å². The van der Waals surface area contributed by atoms with E-state index in [2.05, 4.69) is 41.2 Å². The molecule has 3 heterocycles. The first-order valence-electron chi connectivity index (χ1n) is 7.53. The van der Waals surface area contributed by atoms with Gasteiger partial charge in [0, 0.05) is 29.4 Å². The van der Waals surface area contributed by atoms with Gasteiger partial charge in [0.25, 0.3) is 0 Å². The van der Waals surface area contributed by atoms with Crippen molar-refractivity contribution in [2.45, 2.75) is 19.4 Å². The number of rotatable bonds is 0. The maximum atomic E-state index is 5.84. The van der Waals surface area contributed by atoms with Gasteiger partial charge in [0.05, 0.1) is 11.9 Å². The summed E-state index contributed by atoms with van der Waals surface area (Å²) in [6, 6.07) is 10.6. The van der Waals surface area contributed by atoms with Crippen LogP contribution in [0.15, 0.2) is 48.9 Å². The van der Waals surface area contributed by atoms with Crippen LogP contribution in [0.3, 0.4) is 0 Å². The number of fused-ring (bicyclic) bond motifs is 7. The van der Waals surface area contributed by atoms with Gasteiger partial charge < -0.3 is 4.74 Å². The second-order valence-electron chi connectivity index (χ2n) is 5.88. The van der Waals surface area contributed by atoms with Gasteiger partial charge in [0.15, 0.2) is 0 Å². The molecular weight excluding hydrogens is 272 g/mol. The molecule has 1 unspecified atom stereocenters. The van der Waals surface area contributed by atoms with Gasteiger partial charge in [-0.05, 0) is 34.4 Å². The summed E-state index contributed by atoms with van der Waals surface area (Å²) in [5.74, 6) is 1.23. The SMILES string of the molecule is CC1c2cccnc2-c2ccc3c(c21)-c1ccncc1OC3. The monoisotopic (exact) mass is 286 g/mol. The Bertz CT molecular complexity index is 917. The molecule has 0 radical (unpaired) electrons. The van der Waals surface area contributed by atoms with Crippen LogP contribution in [0.4, 0.5) is 0 Å². The first-order chi connectivity index (χ1) is 10.8. The number of ether oxygens (including phenoxy) is 1. The number of aromatic nitrogens is 2. The van der Waals surface area contributed by atoms with Crippen LogP contribution in [0.5, 0.6) is 5.75 Å². The van der Waals surface area contributed by atoms with E-state index in [0.717, 1.165) is 17.0 Å². The molecule has 3 nitrogen and oxygen atoms in total. The van der Waals surface area contributed by atoms with Crippen molar-refractivity contribution in [3.63, 3.8) is 0 Å². The Morgan fingerprint density at radius 2 is 2.05 bits per heavy atom. The highest BCUT2D eigenvalue weighted by molar-refractivity contribution is 5.88. The van der Waals surface area contributed by atoms with Gasteiger partial charge in [-0.15, -0.1) is 0 Å². The zero-order valence-electron chi connectivity index (χ0n) is 12.2. The van der Waals surface area contributed by atoms with Gasteiger partial charge in [-0.3, -0.25) is 9.97 Å². The fraction of sp³-hybridized carbons (Fsp3) is 0.158. The highest BCUT2D eigenvalue weighted by Gasteiger charge is 2.32. The molecule has 1 aliphatic carbocycles. The molecule has 1 atom stereocenters. The van der Waals surface area contributed by atoms with E-state index < -0.39 is 0 Å². The van der Waals surface area contributed by atoms with Crippen LogP contribution in [-0.4, -0.2) is 9.97 Å². The van der Waals surface area contributed by atoms with Gasteiger partial charge in [-0.25, -0.2) is 0 Å². The van der Waals surface area contributed by atoms with Gasteiger partial charge in [-0.2, -0.15) is 0 Å². The third-order valence-electron chi connectivity index (χ3n) is 4.76. The summed E-state index contributed by atoms with van der Waals surface area (Å²) in [7, 11) is 0. The molecule has 1 aromatic carbocycles. The van der Waals surface area contributed by atoms with E-state index in [-0.39, 0.29) is 0 Å². The highest BCUT2D eigenvalue weighted by atomic mass is 16.5. The summed E-state index contributed by atoms with van der Waals surface area (Å²) >= 11 is 0. The third-order valence-corrected chi connectivity index (χ3v) is 4.76. The Hall–Kier alpha value is -2.68. The standard InChI is InChI=1S/C19H14N2O/c1-11-13-3-2-7-21-19(13)15-5-4-12-10-22-16-9-20-8-6-14(16)18(12)17(11)15/h2-9,11H,10H2,1H3. The van der Waals surface area contributed by atoms with Crippen LogP contribution in [0.2, 0.25) is 0 Å². The zero-order chi connectivity index (χ0) is 14.7. The molecule has 1 aliphatic heterocycles. The van der Waals surface area contributed by atoms with Crippen molar-refractivity contribution >= 4 is 0 Å². The summed E-state index contributed by atoms with van der Waals surface area (Å²) in [4.78, 5) is 8.80. The molecule has 2 aliphatic rings. The van der Waals surface area contributed by atoms with E-state index in [4.69, 9.17) is 4.74 Å². The molecule has 106 valence electrons. The minimum atomic E-state index is 0.354. The molecule has 3 aromatic rings. The van der Waals surface area contributed by atoms with Gasteiger partial charge in [-0.1, -0.05) is 25.1 Å². The van der Waals surface area contributed by atoms with Gasteiger partial charge in [0.2, 0.25) is 0 Å². The molecule has 2 aromatic heterocycles. The summed E-state index contributed by atoms with van der Waals surface area (Å²) in [5.41, 5.74) is 8.77. The lowest BCUT2D eigenvalue weighted by atomic mass is 9.86. The molecule has 0 amide bonds. The van der Waals surface area contributed by atoms with Crippen LogP contribution in [0.25, 0.3) is 22.4 Å². The fourth-order valence-electron chi connectivity index (χ4n) is 3.76. The molecule has 5 rings (SSSR count). The highest BCUT2D eigenvalue weighted by Crippen LogP contribution is 2.51. The Morgan fingerprint density at radius 1 is 1.09 bits per heavy atom. The van der Waals surface area contributed by atoms with Gasteiger partial charge >= 0.3 is 0 Å². The first kappa shape index (κ1) is 11.9. The van der Waals surface area contributed by atoms with Crippen molar-refractivity contribution in [3.8, 4) is 28.1 Å². The molecular formula is C19H14N2O. The fourth-order valence-corrected chi connectivity index (χ4v) is 3.76. The number of hydrogen-bond acceptors (Lipinski definition) is 3.